The highest BCUT2D eigenvalue weighted by Crippen LogP contribution is 2.21. The fourth-order valence-corrected chi connectivity index (χ4v) is 2.50. The zero-order valence-corrected chi connectivity index (χ0v) is 13.9. The molecule has 0 radical (unpaired) electrons. The molecule has 1 unspecified atom stereocenters. The van der Waals surface area contributed by atoms with E-state index < -0.39 is 28.9 Å². The van der Waals surface area contributed by atoms with Crippen LogP contribution in [0.5, 0.6) is 0 Å². The van der Waals surface area contributed by atoms with Crippen molar-refractivity contribution in [1.82, 2.24) is 10.2 Å². The van der Waals surface area contributed by atoms with Crippen LogP contribution < -0.4 is 5.32 Å². The van der Waals surface area contributed by atoms with Gasteiger partial charge in [-0.3, -0.25) is 4.79 Å². The topological polar surface area (TPSA) is 32.3 Å². The van der Waals surface area contributed by atoms with E-state index >= 15 is 0 Å². The van der Waals surface area contributed by atoms with E-state index in [9.17, 15) is 18.0 Å². The molecule has 2 rings (SSSR count). The van der Waals surface area contributed by atoms with Gasteiger partial charge in [-0.1, -0.05) is 23.7 Å². The summed E-state index contributed by atoms with van der Waals surface area (Å²) in [6, 6.07) is 8.52. The molecule has 0 aliphatic carbocycles. The maximum Gasteiger partial charge on any atom is 0.254 e. The van der Waals surface area contributed by atoms with Gasteiger partial charge in [0.1, 0.15) is 0 Å². The minimum Gasteiger partial charge on any atom is -0.350 e. The zero-order valence-electron chi connectivity index (χ0n) is 13.1. The number of carbonyl (C=O) groups excluding carboxylic acids is 1. The van der Waals surface area contributed by atoms with Crippen LogP contribution in [-0.2, 0) is 0 Å². The first-order chi connectivity index (χ1) is 11.3. The summed E-state index contributed by atoms with van der Waals surface area (Å²) in [5.74, 6) is -5.33. The SMILES string of the molecule is CN(C)C(CNC(=O)c1ccc(F)c(F)c1F)c1cccc(Cl)c1. The van der Waals surface area contributed by atoms with E-state index in [-0.39, 0.29) is 12.6 Å². The van der Waals surface area contributed by atoms with E-state index in [4.69, 9.17) is 11.6 Å². The molecule has 2 aromatic carbocycles. The summed E-state index contributed by atoms with van der Waals surface area (Å²) in [6.45, 7) is 0.143. The molecule has 3 nitrogen and oxygen atoms in total. The summed E-state index contributed by atoms with van der Waals surface area (Å²) >= 11 is 5.97. The minimum absolute atomic E-state index is 0.143. The van der Waals surface area contributed by atoms with Crippen LogP contribution in [-0.4, -0.2) is 31.4 Å². The number of hydrogen-bond acceptors (Lipinski definition) is 2. The quantitative estimate of drug-likeness (QED) is 0.827. The second kappa shape index (κ2) is 7.68. The highest BCUT2D eigenvalue weighted by molar-refractivity contribution is 6.30. The molecule has 0 aromatic heterocycles. The van der Waals surface area contributed by atoms with Crippen LogP contribution in [0.2, 0.25) is 5.02 Å². The Hall–Kier alpha value is -2.05. The number of benzene rings is 2. The first-order valence-electron chi connectivity index (χ1n) is 7.15. The Bertz CT molecular complexity index is 753. The molecule has 24 heavy (non-hydrogen) atoms. The average Bonchev–Trinajstić information content (AvgIpc) is 2.52. The van der Waals surface area contributed by atoms with Crippen LogP contribution in [0.3, 0.4) is 0 Å². The number of nitrogens with one attached hydrogen (secondary N) is 1. The van der Waals surface area contributed by atoms with Crippen molar-refractivity contribution in [2.24, 2.45) is 0 Å². The molecule has 1 amide bonds. The first kappa shape index (κ1) is 18.3. The number of rotatable bonds is 5. The normalized spacial score (nSPS) is 12.3. The lowest BCUT2D eigenvalue weighted by Crippen LogP contribution is -2.35. The summed E-state index contributed by atoms with van der Waals surface area (Å²) in [4.78, 5) is 13.9. The number of hydrogen-bond donors (Lipinski definition) is 1. The monoisotopic (exact) mass is 356 g/mol. The van der Waals surface area contributed by atoms with Crippen molar-refractivity contribution in [1.29, 1.82) is 0 Å². The maximum absolute atomic E-state index is 13.7. The third-order valence-corrected chi connectivity index (χ3v) is 3.83. The van der Waals surface area contributed by atoms with Gasteiger partial charge in [-0.15, -0.1) is 0 Å². The molecular formula is C17H16ClF3N2O. The number of likely N-dealkylation sites (N-methyl/N-ethyl adjacent to an activating group) is 1. The highest BCUT2D eigenvalue weighted by Gasteiger charge is 2.21. The molecule has 0 aliphatic heterocycles. The molecule has 1 atom stereocenters. The number of amides is 1. The molecular weight excluding hydrogens is 341 g/mol. The molecule has 0 saturated carbocycles. The van der Waals surface area contributed by atoms with Gasteiger partial charge in [0.05, 0.1) is 11.6 Å². The summed E-state index contributed by atoms with van der Waals surface area (Å²) < 4.78 is 39.8. The molecule has 2 aromatic rings. The standard InChI is InChI=1S/C17H16ClF3N2O/c1-23(2)14(10-4-3-5-11(18)8-10)9-22-17(24)12-6-7-13(19)16(21)15(12)20/h3-8,14H,9H2,1-2H3,(H,22,24). The lowest BCUT2D eigenvalue weighted by molar-refractivity contribution is 0.0936. The molecule has 0 saturated heterocycles. The van der Waals surface area contributed by atoms with Crippen molar-refractivity contribution in [3.63, 3.8) is 0 Å². The molecule has 0 heterocycles. The lowest BCUT2D eigenvalue weighted by atomic mass is 10.1. The van der Waals surface area contributed by atoms with E-state index in [0.29, 0.717) is 11.1 Å². The molecule has 128 valence electrons. The Morgan fingerprint density at radius 2 is 1.88 bits per heavy atom. The van der Waals surface area contributed by atoms with Gasteiger partial charge < -0.3 is 10.2 Å². The maximum atomic E-state index is 13.7. The fraction of sp³-hybridized carbons (Fsp3) is 0.235. The summed E-state index contributed by atoms with van der Waals surface area (Å²) in [6.07, 6.45) is 0. The predicted octanol–water partition coefficient (Wildman–Crippen LogP) is 3.79. The van der Waals surface area contributed by atoms with E-state index in [1.165, 1.54) is 0 Å². The summed E-state index contributed by atoms with van der Waals surface area (Å²) in [7, 11) is 3.63. The molecule has 0 aliphatic rings. The van der Waals surface area contributed by atoms with Gasteiger partial charge in [0, 0.05) is 11.6 Å². The van der Waals surface area contributed by atoms with Crippen LogP contribution in [0, 0.1) is 17.5 Å². The van der Waals surface area contributed by atoms with Gasteiger partial charge >= 0.3 is 0 Å². The number of nitrogens with zero attached hydrogens (tertiary/aromatic N) is 1. The summed E-state index contributed by atoms with van der Waals surface area (Å²) in [5, 5.41) is 3.09. The van der Waals surface area contributed by atoms with Crippen molar-refractivity contribution in [3.8, 4) is 0 Å². The largest absolute Gasteiger partial charge is 0.350 e. The fourth-order valence-electron chi connectivity index (χ4n) is 2.30. The van der Waals surface area contributed by atoms with Gasteiger partial charge in [-0.2, -0.15) is 0 Å². The van der Waals surface area contributed by atoms with Crippen LogP contribution >= 0.6 is 11.6 Å². The Labute approximate surface area is 143 Å². The average molecular weight is 357 g/mol. The molecule has 0 fully saturated rings. The van der Waals surface area contributed by atoms with Gasteiger partial charge in [0.2, 0.25) is 0 Å². The molecule has 7 heteroatoms. The Kier molecular flexibility index (Phi) is 5.85. The van der Waals surface area contributed by atoms with E-state index in [1.807, 2.05) is 25.1 Å². The predicted molar refractivity (Wildman–Crippen MR) is 86.5 cm³/mol. The molecule has 0 bridgehead atoms. The first-order valence-corrected chi connectivity index (χ1v) is 7.52. The smallest absolute Gasteiger partial charge is 0.254 e. The van der Waals surface area contributed by atoms with E-state index in [0.717, 1.165) is 11.6 Å². The van der Waals surface area contributed by atoms with Crippen molar-refractivity contribution in [3.05, 3.63) is 70.0 Å². The highest BCUT2D eigenvalue weighted by atomic mass is 35.5. The minimum atomic E-state index is -1.67. The Morgan fingerprint density at radius 1 is 1.17 bits per heavy atom. The van der Waals surface area contributed by atoms with Crippen LogP contribution in [0.15, 0.2) is 36.4 Å². The number of halogens is 4. The van der Waals surface area contributed by atoms with Crippen molar-refractivity contribution in [2.45, 2.75) is 6.04 Å². The number of carbonyl (C=O) groups is 1. The Morgan fingerprint density at radius 3 is 2.50 bits per heavy atom. The van der Waals surface area contributed by atoms with Crippen molar-refractivity contribution in [2.75, 3.05) is 20.6 Å². The van der Waals surface area contributed by atoms with Gasteiger partial charge in [0.15, 0.2) is 17.5 Å². The third-order valence-electron chi connectivity index (χ3n) is 3.59. The van der Waals surface area contributed by atoms with Crippen LogP contribution in [0.25, 0.3) is 0 Å². The van der Waals surface area contributed by atoms with Crippen molar-refractivity contribution < 1.29 is 18.0 Å². The lowest BCUT2D eigenvalue weighted by Gasteiger charge is -2.25. The van der Waals surface area contributed by atoms with E-state index in [2.05, 4.69) is 5.32 Å². The van der Waals surface area contributed by atoms with Gasteiger partial charge in [-0.05, 0) is 43.9 Å². The molecule has 1 N–H and O–H groups in total. The third kappa shape index (κ3) is 4.07. The van der Waals surface area contributed by atoms with Crippen LogP contribution in [0.1, 0.15) is 22.0 Å². The Balaban J connectivity index is 2.15. The second-order valence-electron chi connectivity index (χ2n) is 5.47. The van der Waals surface area contributed by atoms with Gasteiger partial charge in [0.25, 0.3) is 5.91 Å². The van der Waals surface area contributed by atoms with Gasteiger partial charge in [-0.25, -0.2) is 13.2 Å². The van der Waals surface area contributed by atoms with E-state index in [1.54, 1.807) is 18.2 Å². The van der Waals surface area contributed by atoms with Crippen molar-refractivity contribution >= 4 is 17.5 Å². The zero-order chi connectivity index (χ0) is 17.9. The summed E-state index contributed by atoms with van der Waals surface area (Å²) in [5.41, 5.74) is 0.316. The van der Waals surface area contributed by atoms with Crippen LogP contribution in [0.4, 0.5) is 13.2 Å². The molecule has 0 spiro atoms. The second-order valence-corrected chi connectivity index (χ2v) is 5.90.